The van der Waals surface area contributed by atoms with Crippen LogP contribution in [0.1, 0.15) is 50.5 Å². The van der Waals surface area contributed by atoms with Gasteiger partial charge in [0, 0.05) is 24.2 Å². The number of sulfonamides is 1. The Morgan fingerprint density at radius 3 is 2.54 bits per heavy atom. The molecule has 0 unspecified atom stereocenters. The maximum Gasteiger partial charge on any atom is 0.268 e. The van der Waals surface area contributed by atoms with Gasteiger partial charge in [0.1, 0.15) is 5.69 Å². The van der Waals surface area contributed by atoms with Gasteiger partial charge >= 0.3 is 0 Å². The Balaban J connectivity index is 1.62. The van der Waals surface area contributed by atoms with Crippen molar-refractivity contribution in [3.63, 3.8) is 0 Å². The molecule has 0 saturated heterocycles. The maximum atomic E-state index is 12.4. The molecule has 138 valence electrons. The highest BCUT2D eigenvalue weighted by Crippen LogP contribution is 2.26. The summed E-state index contributed by atoms with van der Waals surface area (Å²) in [6.45, 7) is 2.18. The molecule has 26 heavy (non-hydrogen) atoms. The summed E-state index contributed by atoms with van der Waals surface area (Å²) in [5.41, 5.74) is 3.55. The summed E-state index contributed by atoms with van der Waals surface area (Å²) in [5, 5.41) is 7.90. The number of aromatic amines is 1. The third-order valence-electron chi connectivity index (χ3n) is 4.62. The van der Waals surface area contributed by atoms with E-state index < -0.39 is 10.0 Å². The molecule has 0 bridgehead atoms. The van der Waals surface area contributed by atoms with Gasteiger partial charge in [-0.25, -0.2) is 13.6 Å². The zero-order chi connectivity index (χ0) is 18.9. The van der Waals surface area contributed by atoms with E-state index in [1.165, 1.54) is 12.1 Å². The fraction of sp³-hybridized carbons (Fsp3) is 0.333. The van der Waals surface area contributed by atoms with Gasteiger partial charge in [-0.1, -0.05) is 12.1 Å². The number of amides is 1. The van der Waals surface area contributed by atoms with E-state index in [0.717, 1.165) is 24.1 Å². The number of ketones is 1. The summed E-state index contributed by atoms with van der Waals surface area (Å²) in [6, 6.07) is 6.23. The second-order valence-corrected chi connectivity index (χ2v) is 8.01. The first-order valence-electron chi connectivity index (χ1n) is 8.42. The predicted octanol–water partition coefficient (Wildman–Crippen LogP) is 1.46. The summed E-state index contributed by atoms with van der Waals surface area (Å²) in [6.07, 6.45) is 2.67. The minimum Gasteiger partial charge on any atom is -0.354 e. The highest BCUT2D eigenvalue weighted by molar-refractivity contribution is 7.89. The lowest BCUT2D eigenvalue weighted by atomic mass is 9.94. The van der Waals surface area contributed by atoms with Gasteiger partial charge in [-0.05, 0) is 49.4 Å². The topological polar surface area (TPSA) is 122 Å². The monoisotopic (exact) mass is 375 g/mol. The van der Waals surface area contributed by atoms with Crippen LogP contribution in [0, 0.1) is 6.92 Å². The lowest BCUT2D eigenvalue weighted by molar-refractivity contribution is 0.0948. The van der Waals surface area contributed by atoms with Crippen LogP contribution in [0.3, 0.4) is 0 Å². The van der Waals surface area contributed by atoms with Crippen molar-refractivity contribution in [2.45, 2.75) is 37.5 Å². The van der Waals surface area contributed by atoms with Gasteiger partial charge in [0.15, 0.2) is 5.78 Å². The van der Waals surface area contributed by atoms with Gasteiger partial charge in [-0.15, -0.1) is 0 Å². The van der Waals surface area contributed by atoms with Gasteiger partial charge in [0.2, 0.25) is 10.0 Å². The average Bonchev–Trinajstić information content (AvgIpc) is 2.93. The molecule has 0 saturated carbocycles. The maximum absolute atomic E-state index is 12.4. The van der Waals surface area contributed by atoms with E-state index in [4.69, 9.17) is 5.14 Å². The Kier molecular flexibility index (Phi) is 4.97. The summed E-state index contributed by atoms with van der Waals surface area (Å²) < 4.78 is 22.5. The van der Waals surface area contributed by atoms with Gasteiger partial charge in [0.25, 0.3) is 5.91 Å². The van der Waals surface area contributed by atoms with Crippen LogP contribution in [0.25, 0.3) is 0 Å². The Morgan fingerprint density at radius 1 is 1.23 bits per heavy atom. The first-order chi connectivity index (χ1) is 12.3. The number of nitrogens with one attached hydrogen (secondary N) is 2. The number of fused-ring (bicyclic) bond motifs is 1. The van der Waals surface area contributed by atoms with E-state index in [-0.39, 0.29) is 16.6 Å². The lowest BCUT2D eigenvalue weighted by Crippen LogP contribution is -2.26. The molecule has 8 heteroatoms. The van der Waals surface area contributed by atoms with E-state index in [9.17, 15) is 18.0 Å². The van der Waals surface area contributed by atoms with Crippen molar-refractivity contribution < 1.29 is 18.0 Å². The van der Waals surface area contributed by atoms with Crippen molar-refractivity contribution in [3.05, 3.63) is 52.3 Å². The largest absolute Gasteiger partial charge is 0.354 e. The molecular formula is C18H21N3O4S. The summed E-state index contributed by atoms with van der Waals surface area (Å²) >= 11 is 0. The highest BCUT2D eigenvalue weighted by Gasteiger charge is 2.26. The van der Waals surface area contributed by atoms with E-state index >= 15 is 0 Å². The number of primary sulfonamides is 1. The van der Waals surface area contributed by atoms with Crippen LogP contribution in [0.5, 0.6) is 0 Å². The second kappa shape index (κ2) is 7.05. The number of aromatic nitrogens is 1. The van der Waals surface area contributed by atoms with Crippen LogP contribution in [0.15, 0.2) is 29.2 Å². The van der Waals surface area contributed by atoms with E-state index in [0.29, 0.717) is 36.2 Å². The fourth-order valence-corrected chi connectivity index (χ4v) is 3.77. The number of hydrogen-bond acceptors (Lipinski definition) is 4. The first kappa shape index (κ1) is 18.3. The molecule has 1 aliphatic rings. The van der Waals surface area contributed by atoms with Gasteiger partial charge in [-0.2, -0.15) is 0 Å². The Morgan fingerprint density at radius 2 is 1.92 bits per heavy atom. The summed E-state index contributed by atoms with van der Waals surface area (Å²) in [4.78, 5) is 27.6. The zero-order valence-electron chi connectivity index (χ0n) is 14.5. The van der Waals surface area contributed by atoms with Crippen molar-refractivity contribution in [2.24, 2.45) is 5.14 Å². The number of rotatable bonds is 5. The molecule has 1 aliphatic carbocycles. The van der Waals surface area contributed by atoms with E-state index in [2.05, 4.69) is 10.3 Å². The fourth-order valence-electron chi connectivity index (χ4n) is 3.26. The predicted molar refractivity (Wildman–Crippen MR) is 96.7 cm³/mol. The average molecular weight is 375 g/mol. The first-order valence-corrected chi connectivity index (χ1v) is 9.96. The molecule has 1 aromatic carbocycles. The smallest absolute Gasteiger partial charge is 0.268 e. The molecule has 0 aliphatic heterocycles. The van der Waals surface area contributed by atoms with Crippen molar-refractivity contribution in [1.29, 1.82) is 0 Å². The quantitative estimate of drug-likeness (QED) is 0.732. The van der Waals surface area contributed by atoms with Gasteiger partial charge in [-0.3, -0.25) is 9.59 Å². The molecule has 1 amide bonds. The number of benzene rings is 1. The number of carbonyl (C=O) groups is 2. The number of aryl methyl sites for hydroxylation is 1. The second-order valence-electron chi connectivity index (χ2n) is 6.45. The number of hydrogen-bond donors (Lipinski definition) is 3. The van der Waals surface area contributed by atoms with Crippen molar-refractivity contribution in [1.82, 2.24) is 10.3 Å². The molecule has 1 heterocycles. The molecule has 7 nitrogen and oxygen atoms in total. The number of H-pyrrole nitrogens is 1. The van der Waals surface area contributed by atoms with E-state index in [1.54, 1.807) is 19.1 Å². The molecule has 0 spiro atoms. The number of nitrogens with two attached hydrogens (primary N) is 1. The van der Waals surface area contributed by atoms with Gasteiger partial charge in [0.05, 0.1) is 4.90 Å². The standard InChI is InChI=1S/C18H21N3O4S/c1-11-16-14(3-2-4-15(16)22)21-17(11)18(23)20-10-9-12-5-7-13(8-6-12)26(19,24)25/h5-8,21H,2-4,9-10H2,1H3,(H,20,23)(H2,19,24,25). The lowest BCUT2D eigenvalue weighted by Gasteiger charge is -2.09. The molecule has 2 aromatic rings. The molecule has 4 N–H and O–H groups in total. The molecule has 0 atom stereocenters. The normalized spacial score (nSPS) is 14.2. The SMILES string of the molecule is Cc1c(C(=O)NCCc2ccc(S(N)(=O)=O)cc2)[nH]c2c1C(=O)CCC2. The zero-order valence-corrected chi connectivity index (χ0v) is 15.3. The molecule has 3 rings (SSSR count). The van der Waals surface area contributed by atoms with Crippen LogP contribution in [0.2, 0.25) is 0 Å². The Hall–Kier alpha value is -2.45. The van der Waals surface area contributed by atoms with Crippen molar-refractivity contribution >= 4 is 21.7 Å². The molecular weight excluding hydrogens is 354 g/mol. The Bertz CT molecular complexity index is 959. The minimum atomic E-state index is -3.70. The van der Waals surface area contributed by atoms with E-state index in [1.807, 2.05) is 0 Å². The summed E-state index contributed by atoms with van der Waals surface area (Å²) in [5.74, 6) is -0.153. The molecule has 0 fully saturated rings. The minimum absolute atomic E-state index is 0.0579. The van der Waals surface area contributed by atoms with Crippen LogP contribution >= 0.6 is 0 Å². The van der Waals surface area contributed by atoms with Crippen LogP contribution in [-0.4, -0.2) is 31.6 Å². The van der Waals surface area contributed by atoms with Crippen LogP contribution in [0.4, 0.5) is 0 Å². The third kappa shape index (κ3) is 3.71. The van der Waals surface area contributed by atoms with Crippen LogP contribution in [-0.2, 0) is 22.9 Å². The van der Waals surface area contributed by atoms with Crippen LogP contribution < -0.4 is 10.5 Å². The van der Waals surface area contributed by atoms with Crippen molar-refractivity contribution in [3.8, 4) is 0 Å². The Labute approximate surface area is 152 Å². The number of carbonyl (C=O) groups excluding carboxylic acids is 2. The highest BCUT2D eigenvalue weighted by atomic mass is 32.2. The van der Waals surface area contributed by atoms with Gasteiger partial charge < -0.3 is 10.3 Å². The third-order valence-corrected chi connectivity index (χ3v) is 5.54. The molecule has 0 radical (unpaired) electrons. The molecule has 1 aromatic heterocycles. The number of Topliss-reactive ketones (excluding diaryl/α,β-unsaturated/α-hetero) is 1. The van der Waals surface area contributed by atoms with Crippen molar-refractivity contribution in [2.75, 3.05) is 6.54 Å². The summed E-state index contributed by atoms with van der Waals surface area (Å²) in [7, 11) is -3.70.